The van der Waals surface area contributed by atoms with Crippen LogP contribution in [0, 0.1) is 0 Å². The number of amides is 1. The summed E-state index contributed by atoms with van der Waals surface area (Å²) in [5.74, 6) is -0.275. The van der Waals surface area contributed by atoms with Gasteiger partial charge in [-0.1, -0.05) is 0 Å². The van der Waals surface area contributed by atoms with Crippen molar-refractivity contribution < 1.29 is 9.59 Å². The number of benzene rings is 1. The van der Waals surface area contributed by atoms with E-state index in [1.807, 2.05) is 5.01 Å². The summed E-state index contributed by atoms with van der Waals surface area (Å²) in [5.41, 5.74) is 3.49. The van der Waals surface area contributed by atoms with Crippen molar-refractivity contribution >= 4 is 53.8 Å². The van der Waals surface area contributed by atoms with Gasteiger partial charge in [0.05, 0.1) is 0 Å². The summed E-state index contributed by atoms with van der Waals surface area (Å²) in [6.07, 6.45) is 4.82. The third-order valence-electron chi connectivity index (χ3n) is 3.86. The van der Waals surface area contributed by atoms with Crippen LogP contribution in [-0.4, -0.2) is 54.5 Å². The van der Waals surface area contributed by atoms with E-state index in [2.05, 4.69) is 15.6 Å². The summed E-state index contributed by atoms with van der Waals surface area (Å²) in [6.45, 7) is 1.66. The third kappa shape index (κ3) is 4.45. The Bertz CT molecular complexity index is 770. The number of carbonyl (C=O) groups excluding carboxylic acids is 2. The fourth-order valence-corrected chi connectivity index (χ4v) is 5.45. The Morgan fingerprint density at radius 1 is 1.16 bits per heavy atom. The van der Waals surface area contributed by atoms with Crippen molar-refractivity contribution in [2.24, 2.45) is 0 Å². The van der Waals surface area contributed by atoms with Crippen molar-refractivity contribution in [3.8, 4) is 0 Å². The van der Waals surface area contributed by atoms with Gasteiger partial charge in [0.15, 0.2) is 0 Å². The predicted molar refractivity (Wildman–Crippen MR) is 97.7 cm³/mol. The van der Waals surface area contributed by atoms with Gasteiger partial charge in [0.1, 0.15) is 0 Å². The van der Waals surface area contributed by atoms with E-state index in [0.29, 0.717) is 25.7 Å². The third-order valence-corrected chi connectivity index (χ3v) is 6.60. The summed E-state index contributed by atoms with van der Waals surface area (Å²) >= 11 is 11.2. The zero-order valence-electron chi connectivity index (χ0n) is 13.3. The molecule has 0 atom stereocenters. The van der Waals surface area contributed by atoms with Crippen LogP contribution in [0.3, 0.4) is 0 Å². The van der Waals surface area contributed by atoms with E-state index in [4.69, 9.17) is 23.2 Å². The predicted octanol–water partition coefficient (Wildman–Crippen LogP) is 2.02. The Kier molecular flexibility index (Phi) is 6.18. The van der Waals surface area contributed by atoms with Crippen LogP contribution < -0.4 is 9.78 Å². The van der Waals surface area contributed by atoms with E-state index in [-0.39, 0.29) is 10.5 Å². The molecular formula is C16H16AsCl2N4O2. The van der Waals surface area contributed by atoms with E-state index in [1.54, 1.807) is 18.2 Å². The quantitative estimate of drug-likeness (QED) is 0.695. The second-order valence-corrected chi connectivity index (χ2v) is 8.78. The van der Waals surface area contributed by atoms with Crippen molar-refractivity contribution in [2.45, 2.75) is 19.3 Å². The first-order valence-electron chi connectivity index (χ1n) is 7.85. The minimum absolute atomic E-state index is 0.166. The molecule has 1 aromatic heterocycles. The van der Waals surface area contributed by atoms with Crippen molar-refractivity contribution in [2.75, 3.05) is 13.1 Å². The summed E-state index contributed by atoms with van der Waals surface area (Å²) in [5, 5.41) is 9.16. The van der Waals surface area contributed by atoms with Gasteiger partial charge in [0.25, 0.3) is 0 Å². The molecule has 131 valence electrons. The number of aromatic amines is 1. The Balaban J connectivity index is 1.73. The van der Waals surface area contributed by atoms with E-state index in [1.165, 1.54) is 12.6 Å². The molecular weight excluding hydrogens is 426 g/mol. The van der Waals surface area contributed by atoms with Gasteiger partial charge in [0, 0.05) is 0 Å². The molecule has 3 rings (SSSR count). The standard InChI is InChI=1S/C16H16AsCl2N4O2/c18-11-5-4-6-12(19)13(11)15(24)17-10-9-20-21-14(10)16(25)22-23-7-2-1-3-8-23/h4-6,9H,1-3,7-8H2,(H,20,21)(H,22,25). The van der Waals surface area contributed by atoms with Gasteiger partial charge in [-0.3, -0.25) is 0 Å². The molecule has 1 amide bonds. The average molecular weight is 442 g/mol. The van der Waals surface area contributed by atoms with Crippen molar-refractivity contribution in [3.05, 3.63) is 45.7 Å². The number of carbonyl (C=O) groups is 2. The van der Waals surface area contributed by atoms with Gasteiger partial charge >= 0.3 is 162 Å². The first-order valence-corrected chi connectivity index (χ1v) is 10.5. The van der Waals surface area contributed by atoms with E-state index < -0.39 is 15.8 Å². The number of halogens is 2. The molecule has 2 N–H and O–H groups in total. The zero-order valence-corrected chi connectivity index (χ0v) is 16.6. The molecule has 9 heteroatoms. The van der Waals surface area contributed by atoms with E-state index >= 15 is 0 Å². The van der Waals surface area contributed by atoms with Gasteiger partial charge in [-0.25, -0.2) is 0 Å². The van der Waals surface area contributed by atoms with Crippen LogP contribution in [0.5, 0.6) is 0 Å². The topological polar surface area (TPSA) is 78.1 Å². The second kappa shape index (κ2) is 8.37. The molecule has 1 aromatic carbocycles. The summed E-state index contributed by atoms with van der Waals surface area (Å²) in [7, 11) is 0. The van der Waals surface area contributed by atoms with Crippen LogP contribution >= 0.6 is 23.2 Å². The molecule has 0 aliphatic carbocycles. The van der Waals surface area contributed by atoms with Gasteiger partial charge in [-0.15, -0.1) is 0 Å². The molecule has 6 nitrogen and oxygen atoms in total. The Hall–Kier alpha value is -1.33. The molecule has 1 aliphatic heterocycles. The van der Waals surface area contributed by atoms with Crippen molar-refractivity contribution in [1.82, 2.24) is 20.6 Å². The molecule has 0 unspecified atom stereocenters. The number of nitrogens with zero attached hydrogens (tertiary/aromatic N) is 2. The SMILES string of the molecule is O=C(NN1CCCCC1)c1[nH]ncc1[As]C(=O)c1c(Cl)cccc1Cl. The minimum atomic E-state index is -1.00. The van der Waals surface area contributed by atoms with Crippen LogP contribution in [0.25, 0.3) is 0 Å². The number of piperidine rings is 1. The maximum atomic E-state index is 12.6. The number of hydrogen-bond acceptors (Lipinski definition) is 4. The zero-order chi connectivity index (χ0) is 17.8. The second-order valence-electron chi connectivity index (χ2n) is 5.63. The van der Waals surface area contributed by atoms with Crippen LogP contribution in [0.2, 0.25) is 10.0 Å². The number of aromatic nitrogens is 2. The first kappa shape index (κ1) is 18.5. The molecule has 2 aromatic rings. The Morgan fingerprint density at radius 2 is 1.84 bits per heavy atom. The summed E-state index contributed by atoms with van der Waals surface area (Å²) in [6, 6.07) is 4.94. The normalized spacial score (nSPS) is 15.6. The van der Waals surface area contributed by atoms with E-state index in [9.17, 15) is 9.59 Å². The Morgan fingerprint density at radius 3 is 2.52 bits per heavy atom. The average Bonchev–Trinajstić information content (AvgIpc) is 3.04. The fourth-order valence-electron chi connectivity index (χ4n) is 2.60. The number of hydrogen-bond donors (Lipinski definition) is 2. The number of rotatable bonds is 5. The fraction of sp³-hybridized carbons (Fsp3) is 0.312. The number of hydrazine groups is 1. The molecule has 0 bridgehead atoms. The van der Waals surface area contributed by atoms with Gasteiger partial charge in [0.2, 0.25) is 0 Å². The number of H-pyrrole nitrogens is 1. The van der Waals surface area contributed by atoms with Gasteiger partial charge in [-0.2, -0.15) is 0 Å². The number of nitrogens with one attached hydrogen (secondary N) is 2. The molecule has 1 fully saturated rings. The van der Waals surface area contributed by atoms with Crippen molar-refractivity contribution in [3.63, 3.8) is 0 Å². The molecule has 1 aliphatic rings. The van der Waals surface area contributed by atoms with Crippen LogP contribution in [0.4, 0.5) is 0 Å². The van der Waals surface area contributed by atoms with E-state index in [0.717, 1.165) is 25.9 Å². The van der Waals surface area contributed by atoms with Gasteiger partial charge in [-0.05, 0) is 0 Å². The molecule has 1 radical (unpaired) electrons. The molecule has 0 saturated carbocycles. The maximum absolute atomic E-state index is 12.6. The van der Waals surface area contributed by atoms with Gasteiger partial charge < -0.3 is 0 Å². The molecule has 0 spiro atoms. The van der Waals surface area contributed by atoms with Crippen LogP contribution in [-0.2, 0) is 0 Å². The molecule has 1 saturated heterocycles. The van der Waals surface area contributed by atoms with Crippen LogP contribution in [0.1, 0.15) is 40.1 Å². The summed E-state index contributed by atoms with van der Waals surface area (Å²) < 4.78 is 0.437. The van der Waals surface area contributed by atoms with Crippen LogP contribution in [0.15, 0.2) is 24.4 Å². The van der Waals surface area contributed by atoms with Crippen molar-refractivity contribution in [1.29, 1.82) is 0 Å². The molecule has 2 heterocycles. The first-order chi connectivity index (χ1) is 12.1. The molecule has 25 heavy (non-hydrogen) atoms. The monoisotopic (exact) mass is 441 g/mol. The summed E-state index contributed by atoms with van der Waals surface area (Å²) in [4.78, 5) is 25.1. The Labute approximate surface area is 161 Å².